The molecule has 3 heterocycles. The van der Waals surface area contributed by atoms with Crippen LogP contribution in [0.2, 0.25) is 0 Å². The largest absolute Gasteiger partial charge is 0.456 e. The van der Waals surface area contributed by atoms with Gasteiger partial charge in [-0.05, 0) is 81.6 Å². The van der Waals surface area contributed by atoms with Gasteiger partial charge >= 0.3 is 0 Å². The Morgan fingerprint density at radius 1 is 0.315 bits per heavy atom. The van der Waals surface area contributed by atoms with Gasteiger partial charge in [-0.25, -0.2) is 9.97 Å². The first kappa shape index (κ1) is 30.3. The lowest BCUT2D eigenvalue weighted by Crippen LogP contribution is -1.97. The zero-order chi connectivity index (χ0) is 35.6. The van der Waals surface area contributed by atoms with Gasteiger partial charge in [-0.3, -0.25) is 0 Å². The summed E-state index contributed by atoms with van der Waals surface area (Å²) in [6.07, 6.45) is 0. The van der Waals surface area contributed by atoms with Crippen LogP contribution in [-0.4, -0.2) is 9.97 Å². The molecule has 54 heavy (non-hydrogen) atoms. The maximum atomic E-state index is 6.52. The molecule has 0 fully saturated rings. The molecule has 3 aromatic heterocycles. The molecule has 0 aliphatic carbocycles. The first-order chi connectivity index (χ1) is 26.7. The second-order valence-electron chi connectivity index (χ2n) is 13.7. The molecular weight excluding hydrogens is 661 g/mol. The predicted octanol–water partition coefficient (Wildman–Crippen LogP) is 13.8. The number of fused-ring (bicyclic) bond motifs is 7. The molecule has 0 N–H and O–H groups in total. The normalized spacial score (nSPS) is 11.7. The number of rotatable bonds is 5. The maximum absolute atomic E-state index is 6.52. The Morgan fingerprint density at radius 3 is 1.59 bits per heavy atom. The fourth-order valence-electron chi connectivity index (χ4n) is 7.88. The summed E-state index contributed by atoms with van der Waals surface area (Å²) in [7, 11) is 0. The third kappa shape index (κ3) is 5.00. The molecule has 0 radical (unpaired) electrons. The fraction of sp³-hybridized carbons (Fsp3) is 0. The van der Waals surface area contributed by atoms with E-state index in [-0.39, 0.29) is 0 Å². The van der Waals surface area contributed by atoms with Crippen molar-refractivity contribution in [3.8, 4) is 56.2 Å². The van der Waals surface area contributed by atoms with E-state index in [1.54, 1.807) is 0 Å². The minimum atomic E-state index is 0.626. The van der Waals surface area contributed by atoms with Gasteiger partial charge in [0.1, 0.15) is 22.3 Å². The predicted molar refractivity (Wildman–Crippen MR) is 221 cm³/mol. The summed E-state index contributed by atoms with van der Waals surface area (Å²) in [6, 6.07) is 63.2. The highest BCUT2D eigenvalue weighted by molar-refractivity contribution is 6.14. The van der Waals surface area contributed by atoms with E-state index in [1.807, 2.05) is 42.5 Å². The zero-order valence-electron chi connectivity index (χ0n) is 29.0. The van der Waals surface area contributed by atoms with Gasteiger partial charge in [-0.2, -0.15) is 0 Å². The third-order valence-electron chi connectivity index (χ3n) is 10.5. The average molecular weight is 691 g/mol. The van der Waals surface area contributed by atoms with Crippen molar-refractivity contribution in [1.82, 2.24) is 9.97 Å². The highest BCUT2D eigenvalue weighted by atomic mass is 16.3. The molecular formula is C50H30N2O2. The second kappa shape index (κ2) is 12.1. The van der Waals surface area contributed by atoms with Crippen LogP contribution in [0.3, 0.4) is 0 Å². The number of hydrogen-bond acceptors (Lipinski definition) is 4. The van der Waals surface area contributed by atoms with Gasteiger partial charge in [-0.1, -0.05) is 133 Å². The van der Waals surface area contributed by atoms with Crippen molar-refractivity contribution in [3.63, 3.8) is 0 Å². The Hall–Kier alpha value is -7.30. The molecule has 0 saturated carbocycles. The van der Waals surface area contributed by atoms with Crippen molar-refractivity contribution in [2.75, 3.05) is 0 Å². The lowest BCUT2D eigenvalue weighted by atomic mass is 9.96. The summed E-state index contributed by atoms with van der Waals surface area (Å²) in [5.41, 5.74) is 12.4. The third-order valence-corrected chi connectivity index (χ3v) is 10.5. The minimum Gasteiger partial charge on any atom is -0.456 e. The number of para-hydroxylation sites is 2. The Bertz CT molecular complexity index is 3210. The van der Waals surface area contributed by atoms with Crippen molar-refractivity contribution < 1.29 is 8.83 Å². The number of nitrogens with zero attached hydrogens (tertiary/aromatic N) is 2. The molecule has 8 aromatic carbocycles. The van der Waals surface area contributed by atoms with Crippen LogP contribution in [0.25, 0.3) is 111 Å². The highest BCUT2D eigenvalue weighted by Crippen LogP contribution is 2.42. The van der Waals surface area contributed by atoms with Gasteiger partial charge in [0, 0.05) is 38.2 Å². The summed E-state index contributed by atoms with van der Waals surface area (Å²) in [5.74, 6) is 0.626. The molecule has 4 nitrogen and oxygen atoms in total. The summed E-state index contributed by atoms with van der Waals surface area (Å²) >= 11 is 0. The van der Waals surface area contributed by atoms with Crippen molar-refractivity contribution in [2.24, 2.45) is 0 Å². The smallest absolute Gasteiger partial charge is 0.161 e. The van der Waals surface area contributed by atoms with Crippen LogP contribution in [-0.2, 0) is 0 Å². The Balaban J connectivity index is 1.18. The van der Waals surface area contributed by atoms with E-state index in [4.69, 9.17) is 18.8 Å². The van der Waals surface area contributed by atoms with E-state index < -0.39 is 0 Å². The molecule has 0 bridgehead atoms. The van der Waals surface area contributed by atoms with Gasteiger partial charge < -0.3 is 8.83 Å². The van der Waals surface area contributed by atoms with Gasteiger partial charge in [0.2, 0.25) is 0 Å². The summed E-state index contributed by atoms with van der Waals surface area (Å²) in [6.45, 7) is 0. The van der Waals surface area contributed by atoms with E-state index in [0.29, 0.717) is 5.82 Å². The van der Waals surface area contributed by atoms with Crippen LogP contribution in [0.5, 0.6) is 0 Å². The molecule has 0 amide bonds. The summed E-state index contributed by atoms with van der Waals surface area (Å²) in [4.78, 5) is 10.8. The van der Waals surface area contributed by atoms with E-state index >= 15 is 0 Å². The molecule has 0 aliphatic heterocycles. The SMILES string of the molecule is c1ccc(-c2ccc3cc(-c4cc(-c5cccc6oc7ccccc7c56)nc(-c5cc(-c6ccccc6)cc6oc7ccccc7c56)n4)ccc3c2)cc1. The fourth-order valence-corrected chi connectivity index (χ4v) is 7.88. The van der Waals surface area contributed by atoms with Crippen molar-refractivity contribution in [3.05, 3.63) is 182 Å². The number of benzene rings is 8. The Labute approximate surface area is 310 Å². The van der Waals surface area contributed by atoms with Crippen LogP contribution >= 0.6 is 0 Å². The minimum absolute atomic E-state index is 0.626. The van der Waals surface area contributed by atoms with Gasteiger partial charge in [-0.15, -0.1) is 0 Å². The lowest BCUT2D eigenvalue weighted by molar-refractivity contribution is 0.668. The van der Waals surface area contributed by atoms with Crippen molar-refractivity contribution >= 4 is 54.6 Å². The van der Waals surface area contributed by atoms with Crippen LogP contribution in [0.1, 0.15) is 0 Å². The highest BCUT2D eigenvalue weighted by Gasteiger charge is 2.21. The quantitative estimate of drug-likeness (QED) is 0.180. The standard InChI is InChI=1S/C50H30N2O2/c1-3-12-31(13-4-1)33-22-23-35-27-36(25-24-34(35)26-33)42-30-43(38-18-11-21-46-48(38)39-16-7-9-19-44(39)53-46)52-50(51-42)41-28-37(32-14-5-2-6-15-32)29-47-49(41)40-17-8-10-20-45(40)54-47/h1-30H. The lowest BCUT2D eigenvalue weighted by Gasteiger charge is -2.13. The summed E-state index contributed by atoms with van der Waals surface area (Å²) < 4.78 is 12.9. The Kier molecular flexibility index (Phi) is 6.82. The van der Waals surface area contributed by atoms with Crippen LogP contribution in [0.4, 0.5) is 0 Å². The number of furan rings is 2. The molecule has 0 unspecified atom stereocenters. The molecule has 11 aromatic rings. The monoisotopic (exact) mass is 690 g/mol. The maximum Gasteiger partial charge on any atom is 0.161 e. The first-order valence-electron chi connectivity index (χ1n) is 18.1. The topological polar surface area (TPSA) is 52.1 Å². The molecule has 0 spiro atoms. The van der Waals surface area contributed by atoms with Crippen LogP contribution < -0.4 is 0 Å². The second-order valence-corrected chi connectivity index (χ2v) is 13.7. The van der Waals surface area contributed by atoms with Gasteiger partial charge in [0.25, 0.3) is 0 Å². The molecule has 0 atom stereocenters. The van der Waals surface area contributed by atoms with E-state index in [1.165, 1.54) is 16.5 Å². The van der Waals surface area contributed by atoms with E-state index in [9.17, 15) is 0 Å². The molecule has 4 heteroatoms. The molecule has 0 aliphatic rings. The van der Waals surface area contributed by atoms with Crippen LogP contribution in [0, 0.1) is 0 Å². The van der Waals surface area contributed by atoms with E-state index in [0.717, 1.165) is 88.5 Å². The first-order valence-corrected chi connectivity index (χ1v) is 18.1. The van der Waals surface area contributed by atoms with Crippen LogP contribution in [0.15, 0.2) is 191 Å². The molecule has 0 saturated heterocycles. The van der Waals surface area contributed by atoms with Gasteiger partial charge in [0.15, 0.2) is 5.82 Å². The number of aromatic nitrogens is 2. The molecule has 11 rings (SSSR count). The zero-order valence-corrected chi connectivity index (χ0v) is 29.0. The Morgan fingerprint density at radius 2 is 0.870 bits per heavy atom. The van der Waals surface area contributed by atoms with Gasteiger partial charge in [0.05, 0.1) is 11.4 Å². The summed E-state index contributed by atoms with van der Waals surface area (Å²) in [5, 5.41) is 6.43. The van der Waals surface area contributed by atoms with Crippen molar-refractivity contribution in [2.45, 2.75) is 0 Å². The number of hydrogen-bond donors (Lipinski definition) is 0. The van der Waals surface area contributed by atoms with Crippen molar-refractivity contribution in [1.29, 1.82) is 0 Å². The van der Waals surface area contributed by atoms with E-state index in [2.05, 4.69) is 140 Å². The average Bonchev–Trinajstić information content (AvgIpc) is 3.82. The molecule has 252 valence electrons.